The summed E-state index contributed by atoms with van der Waals surface area (Å²) in [7, 11) is 0. The molecule has 3 N–H and O–H groups in total. The van der Waals surface area contributed by atoms with Crippen molar-refractivity contribution in [2.45, 2.75) is 71.7 Å². The lowest BCUT2D eigenvalue weighted by Gasteiger charge is -2.63. The van der Waals surface area contributed by atoms with Gasteiger partial charge in [0.2, 0.25) is 0 Å². The maximum absolute atomic E-state index is 10.9. The van der Waals surface area contributed by atoms with Crippen LogP contribution < -0.4 is 0 Å². The number of hydrogen-bond donors (Lipinski definition) is 3. The summed E-state index contributed by atoms with van der Waals surface area (Å²) in [5, 5.41) is 32.2. The minimum atomic E-state index is -0.727. The van der Waals surface area contributed by atoms with E-state index in [1.54, 1.807) is 0 Å². The third kappa shape index (κ3) is 2.35. The average molecular weight is 320 g/mol. The highest BCUT2D eigenvalue weighted by molar-refractivity contribution is 5.30. The molecule has 0 aliphatic heterocycles. The van der Waals surface area contributed by atoms with E-state index in [0.29, 0.717) is 12.8 Å². The van der Waals surface area contributed by atoms with E-state index in [1.165, 1.54) is 0 Å². The van der Waals surface area contributed by atoms with Crippen molar-refractivity contribution in [1.29, 1.82) is 0 Å². The number of aliphatic hydroxyl groups is 3. The molecule has 0 amide bonds. The zero-order valence-corrected chi connectivity index (χ0v) is 14.9. The molecule has 0 heterocycles. The quantitative estimate of drug-likeness (QED) is 0.651. The molecule has 3 rings (SSSR count). The standard InChI is InChI=1S/C20H32O3/c1-6-19(4)8-7-13-12(10-19)14(21)9-16-18(2,3)11-15(22)17(23)20(13,16)5/h6,10,13-17,21-23H,1,7-9,11H2,2-5H3. The van der Waals surface area contributed by atoms with Gasteiger partial charge in [-0.1, -0.05) is 39.8 Å². The second-order valence-corrected chi connectivity index (χ2v) is 9.32. The first-order valence-electron chi connectivity index (χ1n) is 8.95. The van der Waals surface area contributed by atoms with Gasteiger partial charge in [-0.25, -0.2) is 0 Å². The first kappa shape index (κ1) is 17.2. The summed E-state index contributed by atoms with van der Waals surface area (Å²) in [5.74, 6) is 0.340. The predicted molar refractivity (Wildman–Crippen MR) is 91.7 cm³/mol. The Hall–Kier alpha value is -0.640. The molecule has 0 aromatic carbocycles. The smallest absolute Gasteiger partial charge is 0.0861 e. The van der Waals surface area contributed by atoms with Crippen LogP contribution in [-0.2, 0) is 0 Å². The molecule has 2 fully saturated rings. The van der Waals surface area contributed by atoms with Crippen LogP contribution in [0.1, 0.15) is 53.4 Å². The normalized spacial score (nSPS) is 52.1. The molecule has 3 heteroatoms. The Morgan fingerprint density at radius 2 is 1.83 bits per heavy atom. The van der Waals surface area contributed by atoms with Gasteiger partial charge in [-0.15, -0.1) is 6.58 Å². The van der Waals surface area contributed by atoms with Crippen LogP contribution in [0.15, 0.2) is 24.3 Å². The zero-order valence-electron chi connectivity index (χ0n) is 14.9. The van der Waals surface area contributed by atoms with E-state index >= 15 is 0 Å². The number of fused-ring (bicyclic) bond motifs is 3. The molecule has 23 heavy (non-hydrogen) atoms. The van der Waals surface area contributed by atoms with Crippen LogP contribution in [-0.4, -0.2) is 33.6 Å². The highest BCUT2D eigenvalue weighted by Gasteiger charge is 2.62. The van der Waals surface area contributed by atoms with Crippen LogP contribution in [0.2, 0.25) is 0 Å². The lowest BCUT2D eigenvalue weighted by molar-refractivity contribution is -0.201. The topological polar surface area (TPSA) is 60.7 Å². The molecule has 0 saturated heterocycles. The molecule has 0 aromatic rings. The van der Waals surface area contributed by atoms with Gasteiger partial charge in [0.25, 0.3) is 0 Å². The molecule has 0 radical (unpaired) electrons. The number of aliphatic hydroxyl groups excluding tert-OH is 3. The Morgan fingerprint density at radius 3 is 2.43 bits per heavy atom. The Morgan fingerprint density at radius 1 is 1.17 bits per heavy atom. The van der Waals surface area contributed by atoms with Gasteiger partial charge >= 0.3 is 0 Å². The van der Waals surface area contributed by atoms with Crippen LogP contribution >= 0.6 is 0 Å². The lowest BCUT2D eigenvalue weighted by Crippen LogP contribution is -2.64. The second-order valence-electron chi connectivity index (χ2n) is 9.32. The van der Waals surface area contributed by atoms with Crippen LogP contribution in [0, 0.1) is 28.1 Å². The van der Waals surface area contributed by atoms with Crippen molar-refractivity contribution in [3.8, 4) is 0 Å². The fourth-order valence-electron chi connectivity index (χ4n) is 5.97. The van der Waals surface area contributed by atoms with Crippen molar-refractivity contribution >= 4 is 0 Å². The predicted octanol–water partition coefficient (Wildman–Crippen LogP) is 3.05. The fourth-order valence-corrected chi connectivity index (χ4v) is 5.97. The summed E-state index contributed by atoms with van der Waals surface area (Å²) >= 11 is 0. The van der Waals surface area contributed by atoms with Gasteiger partial charge in [0, 0.05) is 10.8 Å². The van der Waals surface area contributed by atoms with Crippen LogP contribution in [0.5, 0.6) is 0 Å². The van der Waals surface area contributed by atoms with Crippen molar-refractivity contribution in [2.75, 3.05) is 0 Å². The van der Waals surface area contributed by atoms with Gasteiger partial charge in [0.05, 0.1) is 18.3 Å². The molecular formula is C20H32O3. The number of hydrogen-bond acceptors (Lipinski definition) is 3. The summed E-state index contributed by atoms with van der Waals surface area (Å²) in [6.45, 7) is 12.6. The fraction of sp³-hybridized carbons (Fsp3) is 0.800. The molecule has 130 valence electrons. The van der Waals surface area contributed by atoms with Gasteiger partial charge in [0.1, 0.15) is 0 Å². The van der Waals surface area contributed by atoms with Crippen molar-refractivity contribution < 1.29 is 15.3 Å². The Bertz CT molecular complexity index is 537. The van der Waals surface area contributed by atoms with Gasteiger partial charge in [-0.3, -0.25) is 0 Å². The Balaban J connectivity index is 2.10. The van der Waals surface area contributed by atoms with Crippen LogP contribution in [0.3, 0.4) is 0 Å². The lowest BCUT2D eigenvalue weighted by atomic mass is 9.43. The van der Waals surface area contributed by atoms with E-state index in [4.69, 9.17) is 0 Å². The summed E-state index contributed by atoms with van der Waals surface area (Å²) in [5.41, 5.74) is 0.513. The van der Waals surface area contributed by atoms with Gasteiger partial charge in [-0.2, -0.15) is 0 Å². The van der Waals surface area contributed by atoms with Gasteiger partial charge < -0.3 is 15.3 Å². The highest BCUT2D eigenvalue weighted by Crippen LogP contribution is 2.63. The van der Waals surface area contributed by atoms with Crippen molar-refractivity contribution in [1.82, 2.24) is 0 Å². The van der Waals surface area contributed by atoms with Crippen molar-refractivity contribution in [3.63, 3.8) is 0 Å². The molecule has 0 bridgehead atoms. The van der Waals surface area contributed by atoms with E-state index in [0.717, 1.165) is 18.4 Å². The maximum Gasteiger partial charge on any atom is 0.0861 e. The van der Waals surface area contributed by atoms with Gasteiger partial charge in [0.15, 0.2) is 0 Å². The van der Waals surface area contributed by atoms with E-state index in [2.05, 4.69) is 40.3 Å². The molecule has 2 saturated carbocycles. The first-order valence-corrected chi connectivity index (χ1v) is 8.95. The van der Waals surface area contributed by atoms with Crippen molar-refractivity contribution in [3.05, 3.63) is 24.3 Å². The highest BCUT2D eigenvalue weighted by atomic mass is 16.3. The maximum atomic E-state index is 10.9. The molecular weight excluding hydrogens is 288 g/mol. The minimum absolute atomic E-state index is 0.0796. The van der Waals surface area contributed by atoms with E-state index < -0.39 is 18.3 Å². The minimum Gasteiger partial charge on any atom is -0.390 e. The van der Waals surface area contributed by atoms with Gasteiger partial charge in [-0.05, 0) is 48.5 Å². The SMILES string of the molecule is C=CC1(C)C=C2C(O)CC3C(C)(C)CC(O)C(O)C3(C)C2CC1. The molecule has 3 aliphatic rings. The number of allylic oxidation sites excluding steroid dienone is 2. The molecule has 7 atom stereocenters. The number of rotatable bonds is 1. The first-order chi connectivity index (χ1) is 10.5. The largest absolute Gasteiger partial charge is 0.390 e. The van der Waals surface area contributed by atoms with E-state index in [9.17, 15) is 15.3 Å². The summed E-state index contributed by atoms with van der Waals surface area (Å²) in [4.78, 5) is 0. The zero-order chi connectivity index (χ0) is 17.2. The molecule has 3 nitrogen and oxygen atoms in total. The van der Waals surface area contributed by atoms with Crippen LogP contribution in [0.25, 0.3) is 0 Å². The molecule has 0 spiro atoms. The van der Waals surface area contributed by atoms with Crippen LogP contribution in [0.4, 0.5) is 0 Å². The van der Waals surface area contributed by atoms with Crippen molar-refractivity contribution in [2.24, 2.45) is 28.1 Å². The molecule has 0 aromatic heterocycles. The van der Waals surface area contributed by atoms with E-state index in [-0.39, 0.29) is 28.1 Å². The molecule has 3 aliphatic carbocycles. The monoisotopic (exact) mass is 320 g/mol. The average Bonchev–Trinajstić information content (AvgIpc) is 2.48. The summed E-state index contributed by atoms with van der Waals surface area (Å²) < 4.78 is 0. The summed E-state index contributed by atoms with van der Waals surface area (Å²) in [6, 6.07) is 0. The van der Waals surface area contributed by atoms with E-state index in [1.807, 2.05) is 6.08 Å². The summed E-state index contributed by atoms with van der Waals surface area (Å²) in [6.07, 6.45) is 5.46. The second kappa shape index (κ2) is 5.18. The third-order valence-electron chi connectivity index (χ3n) is 7.36. The Kier molecular flexibility index (Phi) is 3.87. The molecule has 7 unspecified atom stereocenters. The Labute approximate surface area is 140 Å². The third-order valence-corrected chi connectivity index (χ3v) is 7.36.